The van der Waals surface area contributed by atoms with Gasteiger partial charge in [0.2, 0.25) is 5.91 Å². The third kappa shape index (κ3) is 5.21. The molecule has 1 atom stereocenters. The van der Waals surface area contributed by atoms with Crippen LogP contribution in [0.3, 0.4) is 0 Å². The number of nitrogens with zero attached hydrogens (tertiary/aromatic N) is 1. The lowest BCUT2D eigenvalue weighted by molar-refractivity contribution is -0.142. The smallest absolute Gasteiger partial charge is 0.318 e. The zero-order valence-electron chi connectivity index (χ0n) is 11.7. The van der Waals surface area contributed by atoms with Gasteiger partial charge in [-0.05, 0) is 0 Å². The van der Waals surface area contributed by atoms with Crippen molar-refractivity contribution in [2.75, 3.05) is 31.1 Å². The van der Waals surface area contributed by atoms with Crippen molar-refractivity contribution in [3.63, 3.8) is 0 Å². The van der Waals surface area contributed by atoms with E-state index in [1.54, 1.807) is 0 Å². The average molecular weight is 321 g/mol. The van der Waals surface area contributed by atoms with Gasteiger partial charge in [0, 0.05) is 25.4 Å². The van der Waals surface area contributed by atoms with E-state index in [-0.39, 0.29) is 31.1 Å². The molecule has 0 bridgehead atoms. The summed E-state index contributed by atoms with van der Waals surface area (Å²) in [6, 6.07) is -1.72. The van der Waals surface area contributed by atoms with Crippen LogP contribution in [0.2, 0.25) is 0 Å². The van der Waals surface area contributed by atoms with Gasteiger partial charge in [0.15, 0.2) is 9.84 Å². The maximum atomic E-state index is 12.0. The van der Waals surface area contributed by atoms with Gasteiger partial charge in [-0.15, -0.1) is 0 Å². The predicted molar refractivity (Wildman–Crippen MR) is 73.5 cm³/mol. The number of carbonyl (C=O) groups excluding carboxylic acids is 2. The van der Waals surface area contributed by atoms with E-state index >= 15 is 0 Å². The van der Waals surface area contributed by atoms with Crippen LogP contribution in [0, 0.1) is 0 Å². The third-order valence-corrected chi connectivity index (χ3v) is 4.79. The number of carboxylic acid groups (broad SMARTS) is 1. The number of carboxylic acids is 1. The second kappa shape index (κ2) is 7.25. The second-order valence-corrected chi connectivity index (χ2v) is 7.04. The molecule has 1 aliphatic heterocycles. The first-order chi connectivity index (χ1) is 9.76. The summed E-state index contributed by atoms with van der Waals surface area (Å²) in [6.45, 7) is 1.84. The highest BCUT2D eigenvalue weighted by molar-refractivity contribution is 7.91. The van der Waals surface area contributed by atoms with Gasteiger partial charge in [-0.3, -0.25) is 9.59 Å². The molecule has 0 radical (unpaired) electrons. The Bertz CT molecular complexity index is 518. The molecule has 0 aliphatic carbocycles. The predicted octanol–water partition coefficient (Wildman–Crippen LogP) is -1.59. The topological polar surface area (TPSA) is 133 Å². The van der Waals surface area contributed by atoms with Crippen LogP contribution in [0.5, 0.6) is 0 Å². The molecule has 1 unspecified atom stereocenters. The van der Waals surface area contributed by atoms with E-state index in [9.17, 15) is 22.8 Å². The Morgan fingerprint density at radius 2 is 2.14 bits per heavy atom. The molecule has 1 aliphatic rings. The first-order valence-corrected chi connectivity index (χ1v) is 8.33. The highest BCUT2D eigenvalue weighted by atomic mass is 32.2. The second-order valence-electron chi connectivity index (χ2n) is 4.57. The van der Waals surface area contributed by atoms with Gasteiger partial charge in [-0.25, -0.2) is 13.2 Å². The van der Waals surface area contributed by atoms with Crippen LogP contribution in [0.1, 0.15) is 13.3 Å². The number of aliphatic carboxylic acids is 1. The van der Waals surface area contributed by atoms with Gasteiger partial charge in [-0.1, -0.05) is 6.92 Å². The van der Waals surface area contributed by atoms with E-state index in [2.05, 4.69) is 10.6 Å². The molecule has 1 rings (SSSR count). The first-order valence-electron chi connectivity index (χ1n) is 6.51. The SMILES string of the molecule is CCS(=O)(=O)CCNC(=O)N1CCNC(=O)C1CC(=O)O. The number of carbonyl (C=O) groups is 3. The van der Waals surface area contributed by atoms with Crippen molar-refractivity contribution in [2.45, 2.75) is 19.4 Å². The van der Waals surface area contributed by atoms with Crippen molar-refractivity contribution in [2.24, 2.45) is 0 Å². The molecule has 21 heavy (non-hydrogen) atoms. The van der Waals surface area contributed by atoms with E-state index in [1.807, 2.05) is 0 Å². The van der Waals surface area contributed by atoms with E-state index < -0.39 is 40.2 Å². The van der Waals surface area contributed by atoms with E-state index in [0.29, 0.717) is 0 Å². The van der Waals surface area contributed by atoms with Crippen molar-refractivity contribution in [3.8, 4) is 0 Å². The third-order valence-electron chi connectivity index (χ3n) is 3.09. The number of urea groups is 1. The fraction of sp³-hybridized carbons (Fsp3) is 0.727. The minimum absolute atomic E-state index is 0.0172. The Morgan fingerprint density at radius 3 is 2.71 bits per heavy atom. The molecule has 3 N–H and O–H groups in total. The first kappa shape index (κ1) is 17.2. The van der Waals surface area contributed by atoms with Gasteiger partial charge in [0.1, 0.15) is 6.04 Å². The summed E-state index contributed by atoms with van der Waals surface area (Å²) in [5, 5.41) is 13.7. The van der Waals surface area contributed by atoms with Gasteiger partial charge in [0.05, 0.1) is 12.2 Å². The molecule has 9 nitrogen and oxygen atoms in total. The average Bonchev–Trinajstić information content (AvgIpc) is 2.40. The van der Waals surface area contributed by atoms with Crippen LogP contribution >= 0.6 is 0 Å². The molecule has 10 heteroatoms. The summed E-state index contributed by atoms with van der Waals surface area (Å²) in [5.74, 6) is -1.93. The molecule has 0 aromatic rings. The molecular weight excluding hydrogens is 302 g/mol. The number of amides is 3. The molecule has 0 aromatic carbocycles. The summed E-state index contributed by atoms with van der Waals surface area (Å²) < 4.78 is 22.6. The number of rotatable bonds is 6. The Kier molecular flexibility index (Phi) is 5.94. The lowest BCUT2D eigenvalue weighted by Crippen LogP contribution is -2.60. The largest absolute Gasteiger partial charge is 0.481 e. The number of hydrogen-bond donors (Lipinski definition) is 3. The summed E-state index contributed by atoms with van der Waals surface area (Å²) >= 11 is 0. The summed E-state index contributed by atoms with van der Waals surface area (Å²) in [4.78, 5) is 35.5. The van der Waals surface area contributed by atoms with Gasteiger partial charge in [-0.2, -0.15) is 0 Å². The standard InChI is InChI=1S/C11H19N3O6S/c1-2-21(19,20)6-4-13-11(18)14-5-3-12-10(17)8(14)7-9(15)16/h8H,2-7H2,1H3,(H,12,17)(H,13,18)(H,15,16). The Morgan fingerprint density at radius 1 is 1.48 bits per heavy atom. The van der Waals surface area contributed by atoms with Gasteiger partial charge < -0.3 is 20.6 Å². The zero-order chi connectivity index (χ0) is 16.0. The molecule has 1 heterocycles. The number of nitrogens with one attached hydrogen (secondary N) is 2. The molecule has 120 valence electrons. The summed E-state index contributed by atoms with van der Waals surface area (Å²) in [6.07, 6.45) is -0.494. The van der Waals surface area contributed by atoms with E-state index in [4.69, 9.17) is 5.11 Å². The zero-order valence-corrected chi connectivity index (χ0v) is 12.5. The number of piperazine rings is 1. The number of sulfone groups is 1. The molecule has 1 fully saturated rings. The molecule has 0 spiro atoms. The van der Waals surface area contributed by atoms with Crippen molar-refractivity contribution >= 4 is 27.7 Å². The van der Waals surface area contributed by atoms with Crippen LogP contribution in [0.4, 0.5) is 4.79 Å². The molecular formula is C11H19N3O6S. The minimum Gasteiger partial charge on any atom is -0.481 e. The van der Waals surface area contributed by atoms with Crippen molar-refractivity contribution in [3.05, 3.63) is 0 Å². The lowest BCUT2D eigenvalue weighted by atomic mass is 10.1. The molecule has 0 aromatic heterocycles. The summed E-state index contributed by atoms with van der Waals surface area (Å²) in [5.41, 5.74) is 0. The Balaban J connectivity index is 2.61. The lowest BCUT2D eigenvalue weighted by Gasteiger charge is -2.34. The van der Waals surface area contributed by atoms with E-state index in [0.717, 1.165) is 4.90 Å². The van der Waals surface area contributed by atoms with Gasteiger partial charge in [0.25, 0.3) is 0 Å². The van der Waals surface area contributed by atoms with Crippen LogP contribution < -0.4 is 10.6 Å². The van der Waals surface area contributed by atoms with Crippen molar-refractivity contribution < 1.29 is 27.9 Å². The van der Waals surface area contributed by atoms with Crippen molar-refractivity contribution in [1.29, 1.82) is 0 Å². The normalized spacial score (nSPS) is 19.0. The maximum absolute atomic E-state index is 12.0. The highest BCUT2D eigenvalue weighted by Crippen LogP contribution is 2.09. The molecule has 1 saturated heterocycles. The molecule has 0 saturated carbocycles. The van der Waals surface area contributed by atoms with E-state index in [1.165, 1.54) is 6.92 Å². The molecule has 3 amide bonds. The van der Waals surface area contributed by atoms with Crippen LogP contribution in [-0.2, 0) is 19.4 Å². The van der Waals surface area contributed by atoms with Crippen LogP contribution in [0.15, 0.2) is 0 Å². The monoisotopic (exact) mass is 321 g/mol. The number of hydrogen-bond acceptors (Lipinski definition) is 5. The fourth-order valence-electron chi connectivity index (χ4n) is 1.89. The quantitative estimate of drug-likeness (QED) is 0.540. The van der Waals surface area contributed by atoms with Crippen LogP contribution in [0.25, 0.3) is 0 Å². The van der Waals surface area contributed by atoms with Crippen LogP contribution in [-0.4, -0.2) is 73.5 Å². The maximum Gasteiger partial charge on any atom is 0.318 e. The summed E-state index contributed by atoms with van der Waals surface area (Å²) in [7, 11) is -3.20. The van der Waals surface area contributed by atoms with Crippen molar-refractivity contribution in [1.82, 2.24) is 15.5 Å². The highest BCUT2D eigenvalue weighted by Gasteiger charge is 2.34. The Hall–Kier alpha value is -1.84. The van der Waals surface area contributed by atoms with Gasteiger partial charge >= 0.3 is 12.0 Å². The fourth-order valence-corrected chi connectivity index (χ4v) is 2.59. The minimum atomic E-state index is -3.20. The Labute approximate surface area is 122 Å².